The van der Waals surface area contributed by atoms with Crippen molar-refractivity contribution in [2.75, 3.05) is 40.8 Å². The van der Waals surface area contributed by atoms with Crippen molar-refractivity contribution in [2.45, 2.75) is 96.1 Å². The second-order valence-corrected chi connectivity index (χ2v) is 20.4. The molecule has 71 heavy (non-hydrogen) atoms. The molecule has 1 fully saturated rings. The highest BCUT2D eigenvalue weighted by Gasteiger charge is 2.45. The third-order valence-corrected chi connectivity index (χ3v) is 13.0. The molecule has 0 bridgehead atoms. The number of aliphatic hydroxyl groups is 1. The Morgan fingerprint density at radius 2 is 1.69 bits per heavy atom. The van der Waals surface area contributed by atoms with Gasteiger partial charge in [-0.15, -0.1) is 0 Å². The Kier molecular flexibility index (Phi) is 18.4. The summed E-state index contributed by atoms with van der Waals surface area (Å²) in [5, 5.41) is 17.0. The van der Waals surface area contributed by atoms with Crippen LogP contribution in [0.4, 0.5) is 4.39 Å². The number of rotatable bonds is 20. The number of amides is 3. The molecule has 3 amide bonds. The van der Waals surface area contributed by atoms with E-state index in [1.54, 1.807) is 82.2 Å². The highest BCUT2D eigenvalue weighted by atomic mass is 35.5. The van der Waals surface area contributed by atoms with Crippen LogP contribution in [0.15, 0.2) is 91.3 Å². The minimum absolute atomic E-state index is 0.0945. The lowest BCUT2D eigenvalue weighted by molar-refractivity contribution is -0.159. The fraction of sp³-hybridized carbons (Fsp3) is 0.434. The van der Waals surface area contributed by atoms with E-state index >= 15 is 4.39 Å². The van der Waals surface area contributed by atoms with Crippen LogP contribution in [0, 0.1) is 11.7 Å². The summed E-state index contributed by atoms with van der Waals surface area (Å²) in [6, 6.07) is 20.2. The van der Waals surface area contributed by atoms with Crippen LogP contribution in [-0.2, 0) is 56.9 Å². The van der Waals surface area contributed by atoms with E-state index in [4.69, 9.17) is 32.7 Å². The number of benzene rings is 3. The molecular formula is C53H65Cl2FN8O7. The van der Waals surface area contributed by atoms with Crippen molar-refractivity contribution < 1.29 is 38.1 Å². The van der Waals surface area contributed by atoms with Crippen molar-refractivity contribution in [1.82, 2.24) is 39.9 Å². The van der Waals surface area contributed by atoms with Crippen molar-refractivity contribution in [3.8, 4) is 22.8 Å². The molecule has 3 aromatic carbocycles. The number of aliphatic hydroxyl groups excluding tert-OH is 1. The molecule has 15 nitrogen and oxygen atoms in total. The number of halogens is 3. The number of esters is 1. The molecule has 4 atom stereocenters. The smallest absolute Gasteiger partial charge is 0.307 e. The van der Waals surface area contributed by atoms with E-state index in [2.05, 4.69) is 20.6 Å². The highest BCUT2D eigenvalue weighted by molar-refractivity contribution is 6.31. The predicted octanol–water partition coefficient (Wildman–Crippen LogP) is 7.39. The average Bonchev–Trinajstić information content (AvgIpc) is 3.68. The Morgan fingerprint density at radius 1 is 0.972 bits per heavy atom. The number of nitrogens with zero attached hydrogens (tertiary/aromatic N) is 6. The first-order valence-corrected chi connectivity index (χ1v) is 24.4. The lowest BCUT2D eigenvalue weighted by Crippen LogP contribution is -2.65. The van der Waals surface area contributed by atoms with E-state index < -0.39 is 59.3 Å². The molecule has 3 heterocycles. The summed E-state index contributed by atoms with van der Waals surface area (Å²) in [4.78, 5) is 70.5. The van der Waals surface area contributed by atoms with Crippen LogP contribution >= 0.6 is 23.2 Å². The summed E-state index contributed by atoms with van der Waals surface area (Å²) in [7, 11) is 7.52. The van der Waals surface area contributed by atoms with Crippen LogP contribution in [0.25, 0.3) is 11.3 Å². The number of hydrogen-bond acceptors (Lipinski definition) is 11. The zero-order valence-electron chi connectivity index (χ0n) is 41.7. The number of piperidine rings is 1. The third-order valence-electron chi connectivity index (χ3n) is 12.5. The van der Waals surface area contributed by atoms with Crippen molar-refractivity contribution in [1.29, 1.82) is 0 Å². The van der Waals surface area contributed by atoms with Gasteiger partial charge in [-0.05, 0) is 127 Å². The van der Waals surface area contributed by atoms with Crippen LogP contribution in [-0.4, -0.2) is 122 Å². The topological polar surface area (TPSA) is 171 Å². The van der Waals surface area contributed by atoms with Gasteiger partial charge in [0.25, 0.3) is 0 Å². The van der Waals surface area contributed by atoms with Gasteiger partial charge in [0, 0.05) is 73.2 Å². The molecule has 1 saturated heterocycles. The van der Waals surface area contributed by atoms with Gasteiger partial charge in [-0.2, -0.15) is 0 Å². The van der Waals surface area contributed by atoms with Gasteiger partial charge >= 0.3 is 5.97 Å². The van der Waals surface area contributed by atoms with Gasteiger partial charge in [-0.25, -0.2) is 9.37 Å². The standard InChI is InChI=1S/C53H65Cl2FN8O7/c1-34(58-29-42-43(56)26-39(55)27-46(42)70-41-19-15-36(16-20-41)45-30-59-47(62(45)7)31-61(5)6)49(67)60-44(32-65)51(69)63(8)53(28-35-13-17-38(54)18-14-35)21-11-23-64(33-53)50(68)37(24-40-12-9-10-22-57-40)25-48(66)71-52(2,3)4/h9-10,12-20,22,26-27,30,34,37,44,58,65H,11,21,23-25,28-29,31-33H2,1-8H3,(H,60,67)/t34-,37+,44-,53+/m0/s1. The molecule has 2 aromatic heterocycles. The average molecular weight is 1020 g/mol. The maximum atomic E-state index is 15.6. The Morgan fingerprint density at radius 3 is 2.34 bits per heavy atom. The number of pyridine rings is 1. The molecule has 0 unspecified atom stereocenters. The summed E-state index contributed by atoms with van der Waals surface area (Å²) in [6.45, 7) is 7.11. The monoisotopic (exact) mass is 1010 g/mol. The molecule has 1 aliphatic heterocycles. The SMILES string of the molecule is C[C@H](NCc1c(F)cc(Cl)cc1Oc1ccc(-c2cnc(CN(C)C)n2C)cc1)C(=O)N[C@@H](CO)C(=O)N(C)[C@@]1(Cc2ccc(Cl)cc2)CCCN(C(=O)[C@@H](CC(=O)OC(C)(C)C)Cc2ccccn2)C1. The number of likely N-dealkylation sites (N-methyl/N-ethyl adjacent to an activating group) is 1. The summed E-state index contributed by atoms with van der Waals surface area (Å²) in [5.74, 6) is -2.00. The molecule has 18 heteroatoms. The van der Waals surface area contributed by atoms with Crippen LogP contribution in [0.1, 0.15) is 69.6 Å². The first-order valence-electron chi connectivity index (χ1n) is 23.6. The second-order valence-electron chi connectivity index (χ2n) is 19.5. The van der Waals surface area contributed by atoms with Gasteiger partial charge < -0.3 is 44.5 Å². The van der Waals surface area contributed by atoms with E-state index in [9.17, 15) is 24.3 Å². The van der Waals surface area contributed by atoms with Crippen molar-refractivity contribution >= 4 is 46.9 Å². The quantitative estimate of drug-likeness (QED) is 0.0665. The molecular weight excluding hydrogens is 951 g/mol. The number of imidazole rings is 1. The largest absolute Gasteiger partial charge is 0.460 e. The first kappa shape index (κ1) is 54.4. The van der Waals surface area contributed by atoms with E-state index in [0.717, 1.165) is 28.7 Å². The maximum absolute atomic E-state index is 15.6. The lowest BCUT2D eigenvalue weighted by Gasteiger charge is -2.49. The third kappa shape index (κ3) is 14.6. The van der Waals surface area contributed by atoms with E-state index in [1.165, 1.54) is 11.0 Å². The Balaban J connectivity index is 1.16. The summed E-state index contributed by atoms with van der Waals surface area (Å²) < 4.78 is 29.4. The molecule has 0 saturated carbocycles. The Hall–Kier alpha value is -5.91. The van der Waals surface area contributed by atoms with Gasteiger partial charge in [0.1, 0.15) is 34.8 Å². The normalized spacial score (nSPS) is 16.3. The molecule has 5 aromatic rings. The first-order chi connectivity index (χ1) is 33.6. The van der Waals surface area contributed by atoms with Crippen LogP contribution in [0.3, 0.4) is 0 Å². The van der Waals surface area contributed by atoms with Crippen LogP contribution in [0.2, 0.25) is 10.0 Å². The molecule has 0 spiro atoms. The number of hydrogen-bond donors (Lipinski definition) is 3. The number of carbonyl (C=O) groups is 4. The summed E-state index contributed by atoms with van der Waals surface area (Å²) in [6.07, 6.45) is 4.76. The maximum Gasteiger partial charge on any atom is 0.307 e. The molecule has 380 valence electrons. The minimum Gasteiger partial charge on any atom is -0.460 e. The summed E-state index contributed by atoms with van der Waals surface area (Å²) >= 11 is 12.6. The van der Waals surface area contributed by atoms with Gasteiger partial charge in [-0.1, -0.05) is 41.4 Å². The zero-order valence-corrected chi connectivity index (χ0v) is 43.2. The van der Waals surface area contributed by atoms with E-state index in [1.807, 2.05) is 67.1 Å². The zero-order chi connectivity index (χ0) is 51.6. The van der Waals surface area contributed by atoms with Gasteiger partial charge in [0.15, 0.2) is 0 Å². The number of aromatic nitrogens is 3. The molecule has 0 aliphatic carbocycles. The molecule has 6 rings (SSSR count). The fourth-order valence-electron chi connectivity index (χ4n) is 8.79. The van der Waals surface area contributed by atoms with Crippen molar-refractivity contribution in [2.24, 2.45) is 13.0 Å². The highest BCUT2D eigenvalue weighted by Crippen LogP contribution is 2.35. The van der Waals surface area contributed by atoms with Gasteiger partial charge in [-0.3, -0.25) is 24.2 Å². The van der Waals surface area contributed by atoms with Crippen LogP contribution in [0.5, 0.6) is 11.5 Å². The van der Waals surface area contributed by atoms with Crippen LogP contribution < -0.4 is 15.4 Å². The molecule has 3 N–H and O–H groups in total. The van der Waals surface area contributed by atoms with Gasteiger partial charge in [0.05, 0.1) is 49.0 Å². The molecule has 1 aliphatic rings. The fourth-order valence-corrected chi connectivity index (χ4v) is 9.11. The predicted molar refractivity (Wildman–Crippen MR) is 271 cm³/mol. The Labute approximate surface area is 425 Å². The second kappa shape index (κ2) is 24.0. The number of carbonyl (C=O) groups excluding carboxylic acids is 4. The number of ether oxygens (including phenoxy) is 2. The van der Waals surface area contributed by atoms with Crippen molar-refractivity contribution in [3.63, 3.8) is 0 Å². The number of likely N-dealkylation sites (tertiary alicyclic amines) is 1. The van der Waals surface area contributed by atoms with E-state index in [0.29, 0.717) is 48.8 Å². The van der Waals surface area contributed by atoms with Gasteiger partial charge in [0.2, 0.25) is 17.7 Å². The summed E-state index contributed by atoms with van der Waals surface area (Å²) in [5.41, 5.74) is 1.65. The number of nitrogens with one attached hydrogen (secondary N) is 2. The minimum atomic E-state index is -1.38. The van der Waals surface area contributed by atoms with Crippen molar-refractivity contribution in [3.05, 3.63) is 130 Å². The van der Waals surface area contributed by atoms with E-state index in [-0.39, 0.29) is 48.2 Å². The molecule has 0 radical (unpaired) electrons. The Bertz CT molecular complexity index is 2630. The lowest BCUT2D eigenvalue weighted by atomic mass is 9.80.